The summed E-state index contributed by atoms with van der Waals surface area (Å²) in [6.07, 6.45) is 14.0. The maximum absolute atomic E-state index is 15.1. The Morgan fingerprint density at radius 2 is 1.68 bits per heavy atom. The molecular weight excluding hydrogens is 340 g/mol. The summed E-state index contributed by atoms with van der Waals surface area (Å²) in [5.41, 5.74) is -1.96. The first-order valence-corrected chi connectivity index (χ1v) is 10.7. The zero-order chi connectivity index (χ0) is 17.9. The fraction of sp³-hybridized carbons (Fsp3) is 0.857. The molecule has 0 bridgehead atoms. The largest absolute Gasteiger partial charge is 0.234 e. The predicted octanol–water partition coefficient (Wildman–Crippen LogP) is 7.00. The minimum Gasteiger partial charge on any atom is -0.234 e. The van der Waals surface area contributed by atoms with Gasteiger partial charge < -0.3 is 0 Å². The van der Waals surface area contributed by atoms with Crippen LogP contribution in [0.2, 0.25) is 0 Å². The van der Waals surface area contributed by atoms with Gasteiger partial charge in [0.1, 0.15) is 5.17 Å². The van der Waals surface area contributed by atoms with Crippen molar-refractivity contribution in [3.05, 3.63) is 12.2 Å². The van der Waals surface area contributed by atoms with E-state index in [4.69, 9.17) is 11.6 Å². The van der Waals surface area contributed by atoms with Gasteiger partial charge in [0.2, 0.25) is 6.30 Å². The Morgan fingerprint density at radius 3 is 2.24 bits per heavy atom. The van der Waals surface area contributed by atoms with E-state index in [1.54, 1.807) is 0 Å². The fourth-order valence-corrected chi connectivity index (χ4v) is 5.48. The Bertz CT molecular complexity index is 490. The highest BCUT2D eigenvalue weighted by Gasteiger charge is 2.48. The standard InChI is InChI=1S/C21H32ClF2N/c1-2-3-4-15-5-7-16(8-6-15)17-9-11-18(12-10-17)21(24)14-13-19(22)25-20(21)23/h13-18,20H,2-12H2,1H3/t15-,16-,17?,18?,20?,21?. The number of halogens is 3. The van der Waals surface area contributed by atoms with Gasteiger partial charge in [-0.25, -0.2) is 13.8 Å². The molecule has 0 N–H and O–H groups in total. The summed E-state index contributed by atoms with van der Waals surface area (Å²) >= 11 is 5.70. The summed E-state index contributed by atoms with van der Waals surface area (Å²) in [4.78, 5) is 3.61. The quantitative estimate of drug-likeness (QED) is 0.461. The first-order valence-electron chi connectivity index (χ1n) is 10.3. The van der Waals surface area contributed by atoms with Gasteiger partial charge in [-0.05, 0) is 68.4 Å². The molecular formula is C21H32ClF2N. The van der Waals surface area contributed by atoms with Crippen molar-refractivity contribution in [1.29, 1.82) is 0 Å². The number of aliphatic imine (C=N–C) groups is 1. The second-order valence-corrected chi connectivity index (χ2v) is 8.87. The van der Waals surface area contributed by atoms with Crippen LogP contribution in [0.15, 0.2) is 17.1 Å². The van der Waals surface area contributed by atoms with E-state index in [9.17, 15) is 4.39 Å². The maximum atomic E-state index is 15.1. The van der Waals surface area contributed by atoms with Gasteiger partial charge in [0.05, 0.1) is 0 Å². The molecule has 1 aliphatic heterocycles. The molecule has 4 heteroatoms. The van der Waals surface area contributed by atoms with Crippen LogP contribution in [0.5, 0.6) is 0 Å². The number of unbranched alkanes of at least 4 members (excludes halogenated alkanes) is 1. The summed E-state index contributed by atoms with van der Waals surface area (Å²) in [6.45, 7) is 2.27. The minimum absolute atomic E-state index is 0.0642. The average molecular weight is 372 g/mol. The number of allylic oxidation sites excluding steroid dienone is 1. The van der Waals surface area contributed by atoms with Crippen molar-refractivity contribution in [2.24, 2.45) is 28.7 Å². The smallest absolute Gasteiger partial charge is 0.228 e. The molecule has 0 saturated heterocycles. The lowest BCUT2D eigenvalue weighted by Gasteiger charge is -2.42. The van der Waals surface area contributed by atoms with Crippen LogP contribution in [0.1, 0.15) is 77.6 Å². The summed E-state index contributed by atoms with van der Waals surface area (Å²) in [5.74, 6) is 2.20. The Balaban J connectivity index is 1.47. The van der Waals surface area contributed by atoms with Crippen LogP contribution in [0.4, 0.5) is 8.78 Å². The number of alkyl halides is 2. The molecule has 2 aliphatic carbocycles. The summed E-state index contributed by atoms with van der Waals surface area (Å²) in [7, 11) is 0. The van der Waals surface area contributed by atoms with Crippen molar-refractivity contribution < 1.29 is 8.78 Å². The van der Waals surface area contributed by atoms with Gasteiger partial charge in [-0.2, -0.15) is 0 Å². The van der Waals surface area contributed by atoms with Gasteiger partial charge in [-0.1, -0.05) is 50.6 Å². The highest BCUT2D eigenvalue weighted by molar-refractivity contribution is 6.68. The molecule has 0 aromatic carbocycles. The van der Waals surface area contributed by atoms with Crippen molar-refractivity contribution in [3.8, 4) is 0 Å². The second-order valence-electron chi connectivity index (χ2n) is 8.48. The van der Waals surface area contributed by atoms with Crippen molar-refractivity contribution in [2.75, 3.05) is 0 Å². The molecule has 0 spiro atoms. The molecule has 142 valence electrons. The Labute approximate surface area is 156 Å². The van der Waals surface area contributed by atoms with E-state index in [-0.39, 0.29) is 11.1 Å². The van der Waals surface area contributed by atoms with Crippen molar-refractivity contribution >= 4 is 16.8 Å². The van der Waals surface area contributed by atoms with Crippen LogP contribution in [-0.4, -0.2) is 17.1 Å². The molecule has 2 unspecified atom stereocenters. The molecule has 25 heavy (non-hydrogen) atoms. The van der Waals surface area contributed by atoms with Crippen LogP contribution < -0.4 is 0 Å². The van der Waals surface area contributed by atoms with Crippen LogP contribution in [0, 0.1) is 23.7 Å². The topological polar surface area (TPSA) is 12.4 Å². The molecule has 0 aromatic heterocycles. The molecule has 1 heterocycles. The van der Waals surface area contributed by atoms with Gasteiger partial charge in [0.15, 0.2) is 5.67 Å². The molecule has 3 rings (SSSR count). The van der Waals surface area contributed by atoms with E-state index in [0.29, 0.717) is 5.92 Å². The highest BCUT2D eigenvalue weighted by Crippen LogP contribution is 2.47. The molecule has 0 radical (unpaired) electrons. The zero-order valence-electron chi connectivity index (χ0n) is 15.4. The lowest BCUT2D eigenvalue weighted by molar-refractivity contribution is 0.00806. The summed E-state index contributed by atoms with van der Waals surface area (Å²) in [6, 6.07) is 0. The number of hydrogen-bond donors (Lipinski definition) is 0. The van der Waals surface area contributed by atoms with Crippen molar-refractivity contribution in [2.45, 2.75) is 89.5 Å². The van der Waals surface area contributed by atoms with E-state index < -0.39 is 12.0 Å². The average Bonchev–Trinajstić information content (AvgIpc) is 2.64. The third kappa shape index (κ3) is 4.46. The third-order valence-corrected chi connectivity index (χ3v) is 7.22. The van der Waals surface area contributed by atoms with E-state index >= 15 is 4.39 Å². The molecule has 2 atom stereocenters. The second kappa shape index (κ2) is 8.50. The van der Waals surface area contributed by atoms with E-state index in [1.165, 1.54) is 57.1 Å². The van der Waals surface area contributed by atoms with Gasteiger partial charge in [0.25, 0.3) is 0 Å². The summed E-state index contributed by atoms with van der Waals surface area (Å²) < 4.78 is 29.3. The normalized spacial score (nSPS) is 42.2. The molecule has 3 aliphatic rings. The van der Waals surface area contributed by atoms with E-state index in [0.717, 1.165) is 37.5 Å². The van der Waals surface area contributed by atoms with E-state index in [1.807, 2.05) is 0 Å². The minimum atomic E-state index is -1.96. The number of hydrogen-bond acceptors (Lipinski definition) is 1. The summed E-state index contributed by atoms with van der Waals surface area (Å²) in [5, 5.41) is 0.0642. The SMILES string of the molecule is CCCC[C@H]1CC[C@H](C2CCC(C3(F)C=CC(Cl)=NC3F)CC2)CC1. The van der Waals surface area contributed by atoms with Gasteiger partial charge in [0, 0.05) is 5.92 Å². The van der Waals surface area contributed by atoms with Crippen molar-refractivity contribution in [3.63, 3.8) is 0 Å². The third-order valence-electron chi connectivity index (χ3n) is 7.00. The molecule has 2 fully saturated rings. The molecule has 1 nitrogen and oxygen atoms in total. The van der Waals surface area contributed by atoms with Gasteiger partial charge >= 0.3 is 0 Å². The van der Waals surface area contributed by atoms with Crippen LogP contribution >= 0.6 is 11.6 Å². The van der Waals surface area contributed by atoms with Gasteiger partial charge in [-0.3, -0.25) is 0 Å². The van der Waals surface area contributed by atoms with Crippen LogP contribution in [0.3, 0.4) is 0 Å². The Morgan fingerprint density at radius 1 is 1.08 bits per heavy atom. The fourth-order valence-electron chi connectivity index (χ4n) is 5.33. The van der Waals surface area contributed by atoms with Gasteiger partial charge in [-0.15, -0.1) is 0 Å². The number of dihydropyridines is 1. The number of rotatable bonds is 5. The highest BCUT2D eigenvalue weighted by atomic mass is 35.5. The van der Waals surface area contributed by atoms with Crippen LogP contribution in [-0.2, 0) is 0 Å². The van der Waals surface area contributed by atoms with Crippen molar-refractivity contribution in [1.82, 2.24) is 0 Å². The lowest BCUT2D eigenvalue weighted by atomic mass is 9.66. The number of nitrogens with zero attached hydrogens (tertiary/aromatic N) is 1. The van der Waals surface area contributed by atoms with Crippen LogP contribution in [0.25, 0.3) is 0 Å². The Hall–Kier alpha value is -0.440. The first-order chi connectivity index (χ1) is 12.0. The zero-order valence-corrected chi connectivity index (χ0v) is 16.2. The van der Waals surface area contributed by atoms with E-state index in [2.05, 4.69) is 11.9 Å². The molecule has 0 aromatic rings. The Kier molecular flexibility index (Phi) is 6.57. The monoisotopic (exact) mass is 371 g/mol. The molecule has 2 saturated carbocycles. The predicted molar refractivity (Wildman–Crippen MR) is 102 cm³/mol. The first kappa shape index (κ1) is 19.3. The molecule has 0 amide bonds. The lowest BCUT2D eigenvalue weighted by Crippen LogP contribution is -2.44. The maximum Gasteiger partial charge on any atom is 0.228 e.